The van der Waals surface area contributed by atoms with Crippen LogP contribution in [-0.4, -0.2) is 50.0 Å². The molecule has 0 aliphatic carbocycles. The van der Waals surface area contributed by atoms with Gasteiger partial charge in [-0.15, -0.1) is 0 Å². The molecule has 2 amide bonds. The summed E-state index contributed by atoms with van der Waals surface area (Å²) in [6, 6.07) is 18.8. The van der Waals surface area contributed by atoms with E-state index in [1.54, 1.807) is 31.4 Å². The molecule has 5 rings (SSSR count). The van der Waals surface area contributed by atoms with Crippen molar-refractivity contribution >= 4 is 34.5 Å². The van der Waals surface area contributed by atoms with Crippen LogP contribution >= 0.6 is 0 Å². The molecular weight excluding hydrogens is 468 g/mol. The summed E-state index contributed by atoms with van der Waals surface area (Å²) in [7, 11) is 7.23. The number of aromatic amines is 1. The van der Waals surface area contributed by atoms with Gasteiger partial charge in [0.15, 0.2) is 5.76 Å². The van der Waals surface area contributed by atoms with Crippen molar-refractivity contribution in [1.29, 1.82) is 0 Å². The fourth-order valence-corrected chi connectivity index (χ4v) is 4.48. The monoisotopic (exact) mass is 496 g/mol. The zero-order valence-corrected chi connectivity index (χ0v) is 21.1. The average molecular weight is 497 g/mol. The standard InChI is InChI=1S/C29H28N4O4/c1-30-29(35)31-19-8-11-25-23(13-19)28(34)26(37-25)15-22-21-14-20(36-4)9-10-24(21)32-27(22)18-7-5-6-17(12-18)16-33(2)3/h5-15,32H,16H2,1-4H3,(H2,30,31,35)/b26-15-. The fourth-order valence-electron chi connectivity index (χ4n) is 4.48. The van der Waals surface area contributed by atoms with Crippen molar-refractivity contribution in [2.45, 2.75) is 6.54 Å². The number of nitrogens with zero attached hydrogens (tertiary/aromatic N) is 1. The summed E-state index contributed by atoms with van der Waals surface area (Å²) >= 11 is 0. The number of anilines is 1. The third kappa shape index (κ3) is 4.79. The van der Waals surface area contributed by atoms with Gasteiger partial charge in [0.25, 0.3) is 0 Å². The Morgan fingerprint density at radius 2 is 1.95 bits per heavy atom. The topological polar surface area (TPSA) is 95.7 Å². The molecule has 8 heteroatoms. The molecule has 2 heterocycles. The number of hydrogen-bond acceptors (Lipinski definition) is 5. The molecule has 4 aromatic rings. The third-order valence-corrected chi connectivity index (χ3v) is 6.19. The van der Waals surface area contributed by atoms with E-state index >= 15 is 0 Å². The molecule has 0 radical (unpaired) electrons. The molecule has 8 nitrogen and oxygen atoms in total. The number of H-pyrrole nitrogens is 1. The minimum absolute atomic E-state index is 0.210. The highest BCUT2D eigenvalue weighted by atomic mass is 16.5. The highest BCUT2D eigenvalue weighted by Crippen LogP contribution is 2.38. The number of ether oxygens (including phenoxy) is 2. The zero-order chi connectivity index (χ0) is 26.1. The highest BCUT2D eigenvalue weighted by molar-refractivity contribution is 6.16. The van der Waals surface area contributed by atoms with Gasteiger partial charge in [-0.2, -0.15) is 0 Å². The van der Waals surface area contributed by atoms with Crippen LogP contribution in [0.2, 0.25) is 0 Å². The van der Waals surface area contributed by atoms with Crippen LogP contribution in [0.1, 0.15) is 21.5 Å². The number of amides is 2. The number of carbonyl (C=O) groups is 2. The lowest BCUT2D eigenvalue weighted by Crippen LogP contribution is -2.24. The highest BCUT2D eigenvalue weighted by Gasteiger charge is 2.29. The number of nitrogens with one attached hydrogen (secondary N) is 3. The second-order valence-corrected chi connectivity index (χ2v) is 9.12. The molecular formula is C29H28N4O4. The summed E-state index contributed by atoms with van der Waals surface area (Å²) in [5.74, 6) is 1.12. The van der Waals surface area contributed by atoms with Gasteiger partial charge in [-0.25, -0.2) is 4.79 Å². The molecule has 3 aromatic carbocycles. The van der Waals surface area contributed by atoms with Crippen LogP contribution in [-0.2, 0) is 6.54 Å². The van der Waals surface area contributed by atoms with E-state index in [0.717, 1.165) is 34.3 Å². The van der Waals surface area contributed by atoms with Crippen molar-refractivity contribution < 1.29 is 19.1 Å². The van der Waals surface area contributed by atoms with Crippen molar-refractivity contribution in [2.75, 3.05) is 33.6 Å². The van der Waals surface area contributed by atoms with Gasteiger partial charge in [0, 0.05) is 35.7 Å². The van der Waals surface area contributed by atoms with Crippen LogP contribution in [0.4, 0.5) is 10.5 Å². The van der Waals surface area contributed by atoms with Crippen LogP contribution in [0.15, 0.2) is 66.4 Å². The Kier molecular flexibility index (Phi) is 6.42. The predicted octanol–water partition coefficient (Wildman–Crippen LogP) is 5.27. The van der Waals surface area contributed by atoms with Crippen molar-refractivity contribution in [3.05, 3.63) is 83.1 Å². The molecule has 0 saturated carbocycles. The number of Topliss-reactive ketones (excluding diaryl/α,β-unsaturated/α-hetero) is 1. The Bertz CT molecular complexity index is 1550. The quantitative estimate of drug-likeness (QED) is 0.316. The lowest BCUT2D eigenvalue weighted by Gasteiger charge is -2.11. The molecule has 1 aliphatic heterocycles. The maximum Gasteiger partial charge on any atom is 0.318 e. The lowest BCUT2D eigenvalue weighted by molar-refractivity contribution is 0.101. The van der Waals surface area contributed by atoms with E-state index in [1.165, 1.54) is 12.6 Å². The first kappa shape index (κ1) is 24.1. The number of ketones is 1. The molecule has 0 unspecified atom stereocenters. The molecule has 1 aromatic heterocycles. The van der Waals surface area contributed by atoms with Crippen LogP contribution in [0, 0.1) is 0 Å². The number of urea groups is 1. The van der Waals surface area contributed by atoms with Gasteiger partial charge in [-0.3, -0.25) is 4.79 Å². The van der Waals surface area contributed by atoms with Crippen molar-refractivity contribution in [1.82, 2.24) is 15.2 Å². The normalized spacial score (nSPS) is 13.6. The van der Waals surface area contributed by atoms with E-state index in [2.05, 4.69) is 32.7 Å². The van der Waals surface area contributed by atoms with Gasteiger partial charge in [0.05, 0.1) is 18.4 Å². The van der Waals surface area contributed by atoms with Crippen LogP contribution in [0.25, 0.3) is 28.2 Å². The van der Waals surface area contributed by atoms with Crippen LogP contribution < -0.4 is 20.1 Å². The number of fused-ring (bicyclic) bond motifs is 2. The SMILES string of the molecule is CNC(=O)Nc1ccc2c(c1)C(=O)/C(=C/c1c(-c3cccc(CN(C)C)c3)[nH]c3ccc(OC)cc13)O2. The first-order valence-electron chi connectivity index (χ1n) is 11.9. The predicted molar refractivity (Wildman–Crippen MR) is 145 cm³/mol. The molecule has 37 heavy (non-hydrogen) atoms. The molecule has 0 fully saturated rings. The van der Waals surface area contributed by atoms with Gasteiger partial charge >= 0.3 is 6.03 Å². The summed E-state index contributed by atoms with van der Waals surface area (Å²) in [6.45, 7) is 0.807. The first-order chi connectivity index (χ1) is 17.9. The van der Waals surface area contributed by atoms with Crippen molar-refractivity contribution in [3.63, 3.8) is 0 Å². The van der Waals surface area contributed by atoms with E-state index in [0.29, 0.717) is 22.7 Å². The van der Waals surface area contributed by atoms with Crippen LogP contribution in [0.3, 0.4) is 0 Å². The summed E-state index contributed by atoms with van der Waals surface area (Å²) < 4.78 is 11.5. The number of hydrogen-bond donors (Lipinski definition) is 3. The minimum atomic E-state index is -0.365. The van der Waals surface area contributed by atoms with E-state index < -0.39 is 0 Å². The van der Waals surface area contributed by atoms with Gasteiger partial charge in [-0.1, -0.05) is 18.2 Å². The van der Waals surface area contributed by atoms with Crippen LogP contribution in [0.5, 0.6) is 11.5 Å². The first-order valence-corrected chi connectivity index (χ1v) is 11.9. The maximum absolute atomic E-state index is 13.4. The number of aromatic nitrogens is 1. The number of rotatable bonds is 6. The van der Waals surface area contributed by atoms with E-state index in [-0.39, 0.29) is 17.6 Å². The van der Waals surface area contributed by atoms with E-state index in [4.69, 9.17) is 9.47 Å². The Labute approximate surface area is 214 Å². The molecule has 0 atom stereocenters. The fraction of sp³-hybridized carbons (Fsp3) is 0.172. The molecule has 0 bridgehead atoms. The number of benzene rings is 3. The lowest BCUT2D eigenvalue weighted by atomic mass is 10.0. The average Bonchev–Trinajstić information content (AvgIpc) is 3.40. The summed E-state index contributed by atoms with van der Waals surface area (Å²) in [4.78, 5) is 30.7. The zero-order valence-electron chi connectivity index (χ0n) is 21.1. The number of methoxy groups -OCH3 is 1. The second kappa shape index (κ2) is 9.83. The van der Waals surface area contributed by atoms with Gasteiger partial charge in [0.1, 0.15) is 11.5 Å². The summed E-state index contributed by atoms with van der Waals surface area (Å²) in [5.41, 5.74) is 5.70. The summed E-state index contributed by atoms with van der Waals surface area (Å²) in [6.07, 6.45) is 1.78. The molecule has 1 aliphatic rings. The summed E-state index contributed by atoms with van der Waals surface area (Å²) in [5, 5.41) is 6.10. The molecule has 0 spiro atoms. The Balaban J connectivity index is 1.60. The molecule has 0 saturated heterocycles. The van der Waals surface area contributed by atoms with E-state index in [9.17, 15) is 9.59 Å². The Morgan fingerprint density at radius 3 is 2.70 bits per heavy atom. The van der Waals surface area contributed by atoms with Gasteiger partial charge < -0.3 is 30.0 Å². The van der Waals surface area contributed by atoms with Crippen molar-refractivity contribution in [3.8, 4) is 22.8 Å². The Hall–Kier alpha value is -4.56. The minimum Gasteiger partial charge on any atom is -0.497 e. The van der Waals surface area contributed by atoms with Gasteiger partial charge in [-0.05, 0) is 73.8 Å². The Morgan fingerprint density at radius 1 is 1.11 bits per heavy atom. The smallest absolute Gasteiger partial charge is 0.318 e. The van der Waals surface area contributed by atoms with E-state index in [1.807, 2.05) is 44.4 Å². The second-order valence-electron chi connectivity index (χ2n) is 9.12. The van der Waals surface area contributed by atoms with Crippen molar-refractivity contribution in [2.24, 2.45) is 0 Å². The van der Waals surface area contributed by atoms with Gasteiger partial charge in [0.2, 0.25) is 5.78 Å². The number of carbonyl (C=O) groups excluding carboxylic acids is 2. The molecule has 188 valence electrons. The maximum atomic E-state index is 13.4. The third-order valence-electron chi connectivity index (χ3n) is 6.19. The molecule has 3 N–H and O–H groups in total. The largest absolute Gasteiger partial charge is 0.497 e. The number of allylic oxidation sites excluding steroid dienone is 1.